The fourth-order valence-corrected chi connectivity index (χ4v) is 2.79. The Kier molecular flexibility index (Phi) is 4.02. The highest BCUT2D eigenvalue weighted by Crippen LogP contribution is 2.31. The molecule has 2 aromatic heterocycles. The van der Waals surface area contributed by atoms with Crippen LogP contribution in [0.4, 0.5) is 0 Å². The first-order chi connectivity index (χ1) is 11.0. The standard InChI is InChI=1S/C16H20N4O3/c1-9(2)15-18-13(19-23-15)12-5-4-8-20(12)16(22)11-7-6-10(3)17-14(11)21/h6-7,9,12H,4-5,8H2,1-3H3,(H,17,21)/t12-/m0/s1. The summed E-state index contributed by atoms with van der Waals surface area (Å²) in [6, 6.07) is 3.06. The quantitative estimate of drug-likeness (QED) is 0.937. The zero-order chi connectivity index (χ0) is 16.6. The third-order valence-corrected chi connectivity index (χ3v) is 4.05. The molecule has 0 aromatic carbocycles. The molecule has 1 aliphatic rings. The first-order valence-electron chi connectivity index (χ1n) is 7.81. The van der Waals surface area contributed by atoms with Gasteiger partial charge in [0.1, 0.15) is 5.56 Å². The number of likely N-dealkylation sites (tertiary alicyclic amines) is 1. The van der Waals surface area contributed by atoms with E-state index in [0.29, 0.717) is 18.3 Å². The number of aryl methyl sites for hydroxylation is 1. The third kappa shape index (κ3) is 2.91. The highest BCUT2D eigenvalue weighted by molar-refractivity contribution is 5.94. The lowest BCUT2D eigenvalue weighted by Crippen LogP contribution is -2.34. The van der Waals surface area contributed by atoms with E-state index in [1.807, 2.05) is 13.8 Å². The van der Waals surface area contributed by atoms with E-state index in [4.69, 9.17) is 4.52 Å². The second kappa shape index (κ2) is 5.98. The third-order valence-electron chi connectivity index (χ3n) is 4.05. The smallest absolute Gasteiger partial charge is 0.260 e. The average molecular weight is 316 g/mol. The van der Waals surface area contributed by atoms with Crippen molar-refractivity contribution in [3.8, 4) is 0 Å². The number of aromatic nitrogens is 3. The molecule has 0 saturated carbocycles. The number of amides is 1. The van der Waals surface area contributed by atoms with Crippen LogP contribution in [0.25, 0.3) is 0 Å². The zero-order valence-electron chi connectivity index (χ0n) is 13.5. The molecule has 23 heavy (non-hydrogen) atoms. The van der Waals surface area contributed by atoms with Gasteiger partial charge in [0.15, 0.2) is 5.82 Å². The van der Waals surface area contributed by atoms with Crippen molar-refractivity contribution in [3.05, 3.63) is 45.5 Å². The molecule has 0 unspecified atom stereocenters. The van der Waals surface area contributed by atoms with Gasteiger partial charge < -0.3 is 14.4 Å². The van der Waals surface area contributed by atoms with E-state index >= 15 is 0 Å². The van der Waals surface area contributed by atoms with Gasteiger partial charge >= 0.3 is 0 Å². The molecule has 122 valence electrons. The van der Waals surface area contributed by atoms with Crippen molar-refractivity contribution in [1.29, 1.82) is 0 Å². The average Bonchev–Trinajstić information content (AvgIpc) is 3.15. The minimum absolute atomic E-state index is 0.141. The van der Waals surface area contributed by atoms with Crippen LogP contribution in [0.3, 0.4) is 0 Å². The Morgan fingerprint density at radius 2 is 2.22 bits per heavy atom. The maximum atomic E-state index is 12.7. The predicted octanol–water partition coefficient (Wildman–Crippen LogP) is 2.17. The minimum Gasteiger partial charge on any atom is -0.339 e. The summed E-state index contributed by atoms with van der Waals surface area (Å²) in [4.78, 5) is 33.5. The molecule has 1 aliphatic heterocycles. The molecule has 3 rings (SSSR count). The van der Waals surface area contributed by atoms with Gasteiger partial charge in [0.25, 0.3) is 11.5 Å². The molecular formula is C16H20N4O3. The van der Waals surface area contributed by atoms with Crippen LogP contribution in [-0.2, 0) is 0 Å². The van der Waals surface area contributed by atoms with E-state index in [0.717, 1.165) is 18.5 Å². The van der Waals surface area contributed by atoms with Crippen LogP contribution in [0.2, 0.25) is 0 Å². The lowest BCUT2D eigenvalue weighted by atomic mass is 10.1. The molecule has 7 heteroatoms. The first kappa shape index (κ1) is 15.5. The Morgan fingerprint density at radius 1 is 1.43 bits per heavy atom. The van der Waals surface area contributed by atoms with E-state index < -0.39 is 0 Å². The SMILES string of the molecule is Cc1ccc(C(=O)N2CCC[C@H]2c2noc(C(C)C)n2)c(=O)[nH]1. The summed E-state index contributed by atoms with van der Waals surface area (Å²) in [6.45, 7) is 6.31. The summed E-state index contributed by atoms with van der Waals surface area (Å²) in [5.74, 6) is 0.932. The molecule has 2 aromatic rings. The summed E-state index contributed by atoms with van der Waals surface area (Å²) < 4.78 is 5.24. The fourth-order valence-electron chi connectivity index (χ4n) is 2.79. The van der Waals surface area contributed by atoms with Gasteiger partial charge in [-0.05, 0) is 31.9 Å². The van der Waals surface area contributed by atoms with Crippen LogP contribution >= 0.6 is 0 Å². The van der Waals surface area contributed by atoms with Crippen LogP contribution in [0.1, 0.15) is 66.4 Å². The van der Waals surface area contributed by atoms with Crippen molar-refractivity contribution >= 4 is 5.91 Å². The zero-order valence-corrected chi connectivity index (χ0v) is 13.5. The van der Waals surface area contributed by atoms with Crippen LogP contribution in [-0.4, -0.2) is 32.5 Å². The fraction of sp³-hybridized carbons (Fsp3) is 0.500. The van der Waals surface area contributed by atoms with Gasteiger partial charge in [-0.15, -0.1) is 0 Å². The molecule has 0 bridgehead atoms. The van der Waals surface area contributed by atoms with Gasteiger partial charge in [-0.2, -0.15) is 4.98 Å². The van der Waals surface area contributed by atoms with Crippen molar-refractivity contribution in [2.45, 2.75) is 45.6 Å². The summed E-state index contributed by atoms with van der Waals surface area (Å²) in [5, 5.41) is 4.02. The monoisotopic (exact) mass is 316 g/mol. The summed E-state index contributed by atoms with van der Waals surface area (Å²) in [7, 11) is 0. The number of hydrogen-bond donors (Lipinski definition) is 1. The van der Waals surface area contributed by atoms with Gasteiger partial charge in [-0.25, -0.2) is 0 Å². The molecule has 0 spiro atoms. The van der Waals surface area contributed by atoms with Gasteiger partial charge in [0.05, 0.1) is 6.04 Å². The summed E-state index contributed by atoms with van der Waals surface area (Å²) >= 11 is 0. The molecule has 1 atom stereocenters. The Morgan fingerprint density at radius 3 is 2.87 bits per heavy atom. The normalized spacial score (nSPS) is 17.9. The maximum absolute atomic E-state index is 12.7. The Labute approximate surface area is 133 Å². The molecule has 1 saturated heterocycles. The number of carbonyl (C=O) groups is 1. The molecular weight excluding hydrogens is 296 g/mol. The van der Waals surface area contributed by atoms with Crippen LogP contribution in [0, 0.1) is 6.92 Å². The number of nitrogens with one attached hydrogen (secondary N) is 1. The Bertz CT molecular complexity index is 778. The largest absolute Gasteiger partial charge is 0.339 e. The number of aromatic amines is 1. The molecule has 1 N–H and O–H groups in total. The van der Waals surface area contributed by atoms with Crippen molar-refractivity contribution in [2.24, 2.45) is 0 Å². The number of hydrogen-bond acceptors (Lipinski definition) is 5. The van der Waals surface area contributed by atoms with Gasteiger partial charge in [-0.1, -0.05) is 19.0 Å². The highest BCUT2D eigenvalue weighted by Gasteiger charge is 2.34. The van der Waals surface area contributed by atoms with Crippen LogP contribution in [0.15, 0.2) is 21.5 Å². The number of nitrogens with zero attached hydrogens (tertiary/aromatic N) is 3. The summed E-state index contributed by atoms with van der Waals surface area (Å²) in [6.07, 6.45) is 1.62. The van der Waals surface area contributed by atoms with Crippen molar-refractivity contribution < 1.29 is 9.32 Å². The topological polar surface area (TPSA) is 92.1 Å². The van der Waals surface area contributed by atoms with E-state index in [-0.39, 0.29) is 29.0 Å². The second-order valence-corrected chi connectivity index (χ2v) is 6.19. The molecule has 1 amide bonds. The van der Waals surface area contributed by atoms with Crippen molar-refractivity contribution in [2.75, 3.05) is 6.54 Å². The number of H-pyrrole nitrogens is 1. The molecule has 0 radical (unpaired) electrons. The first-order valence-corrected chi connectivity index (χ1v) is 7.81. The molecule has 1 fully saturated rings. The molecule has 3 heterocycles. The molecule has 7 nitrogen and oxygen atoms in total. The summed E-state index contributed by atoms with van der Waals surface area (Å²) in [5.41, 5.74) is 0.510. The number of rotatable bonds is 3. The lowest BCUT2D eigenvalue weighted by molar-refractivity contribution is 0.0726. The van der Waals surface area contributed by atoms with E-state index in [1.165, 1.54) is 0 Å². The minimum atomic E-state index is -0.364. The lowest BCUT2D eigenvalue weighted by Gasteiger charge is -2.21. The van der Waals surface area contributed by atoms with Gasteiger partial charge in [0.2, 0.25) is 5.89 Å². The van der Waals surface area contributed by atoms with E-state index in [2.05, 4.69) is 15.1 Å². The number of pyridine rings is 1. The van der Waals surface area contributed by atoms with Crippen LogP contribution < -0.4 is 5.56 Å². The Hall–Kier alpha value is -2.44. The van der Waals surface area contributed by atoms with Crippen LogP contribution in [0.5, 0.6) is 0 Å². The number of carbonyl (C=O) groups excluding carboxylic acids is 1. The maximum Gasteiger partial charge on any atom is 0.260 e. The molecule has 0 aliphatic carbocycles. The Balaban J connectivity index is 1.88. The van der Waals surface area contributed by atoms with Crippen molar-refractivity contribution in [1.82, 2.24) is 20.0 Å². The second-order valence-electron chi connectivity index (χ2n) is 6.19. The van der Waals surface area contributed by atoms with E-state index in [1.54, 1.807) is 24.0 Å². The van der Waals surface area contributed by atoms with Gasteiger partial charge in [0, 0.05) is 18.2 Å². The predicted molar refractivity (Wildman–Crippen MR) is 83.2 cm³/mol. The van der Waals surface area contributed by atoms with E-state index in [9.17, 15) is 9.59 Å². The van der Waals surface area contributed by atoms with Gasteiger partial charge in [-0.3, -0.25) is 9.59 Å². The highest BCUT2D eigenvalue weighted by atomic mass is 16.5. The van der Waals surface area contributed by atoms with Crippen molar-refractivity contribution in [3.63, 3.8) is 0 Å².